The van der Waals surface area contributed by atoms with Crippen molar-refractivity contribution in [1.82, 2.24) is 4.57 Å². The number of fused-ring (bicyclic) bond motifs is 1. The average molecular weight is 453 g/mol. The molecule has 0 unspecified atom stereocenters. The van der Waals surface area contributed by atoms with Crippen LogP contribution in [0.15, 0.2) is 77.7 Å². The lowest BCUT2D eigenvalue weighted by Crippen LogP contribution is -2.24. The zero-order valence-electron chi connectivity index (χ0n) is 16.6. The van der Waals surface area contributed by atoms with E-state index in [9.17, 15) is 9.59 Å². The summed E-state index contributed by atoms with van der Waals surface area (Å²) in [4.78, 5) is 26.1. The molecule has 0 bridgehead atoms. The molecule has 7 heteroatoms. The molecule has 0 atom stereocenters. The highest BCUT2D eigenvalue weighted by Gasteiger charge is 2.18. The highest BCUT2D eigenvalue weighted by Crippen LogP contribution is 2.32. The molecule has 4 rings (SSSR count). The van der Waals surface area contributed by atoms with Crippen LogP contribution in [0, 0.1) is 0 Å². The number of anilines is 1. The molecule has 0 fully saturated rings. The van der Waals surface area contributed by atoms with Crippen LogP contribution in [-0.2, 0) is 6.54 Å². The van der Waals surface area contributed by atoms with E-state index in [0.29, 0.717) is 44.7 Å². The molecule has 3 aromatic carbocycles. The van der Waals surface area contributed by atoms with Gasteiger partial charge in [-0.2, -0.15) is 0 Å². The normalized spacial score (nSPS) is 10.8. The first kappa shape index (κ1) is 21.0. The van der Waals surface area contributed by atoms with E-state index in [2.05, 4.69) is 5.32 Å². The van der Waals surface area contributed by atoms with Crippen LogP contribution in [0.5, 0.6) is 11.5 Å². The molecule has 0 aliphatic rings. The second kappa shape index (κ2) is 8.84. The number of nitrogens with zero attached hydrogens (tertiary/aromatic N) is 1. The maximum atomic E-state index is 13.1. The van der Waals surface area contributed by atoms with Gasteiger partial charge in [-0.3, -0.25) is 9.59 Å². The maximum absolute atomic E-state index is 13.1. The SMILES string of the molecule is CCn1cc(C(=O)Nc2cc(Cl)ccc2Oc2ccccc2)c(=O)c2cc(Cl)ccc21. The molecule has 5 nitrogen and oxygen atoms in total. The summed E-state index contributed by atoms with van der Waals surface area (Å²) in [5.74, 6) is 0.451. The number of aromatic nitrogens is 1. The van der Waals surface area contributed by atoms with Gasteiger partial charge in [-0.25, -0.2) is 0 Å². The predicted octanol–water partition coefficient (Wildman–Crippen LogP) is 6.37. The van der Waals surface area contributed by atoms with Crippen LogP contribution in [0.2, 0.25) is 10.0 Å². The second-order valence-corrected chi connectivity index (χ2v) is 7.70. The number of pyridine rings is 1. The minimum absolute atomic E-state index is 0.00209. The number of hydrogen-bond donors (Lipinski definition) is 1. The van der Waals surface area contributed by atoms with Gasteiger partial charge in [0.05, 0.1) is 11.2 Å². The summed E-state index contributed by atoms with van der Waals surface area (Å²) in [6, 6.07) is 19.1. The summed E-state index contributed by atoms with van der Waals surface area (Å²) < 4.78 is 7.72. The number of para-hydroxylation sites is 1. The van der Waals surface area contributed by atoms with Crippen molar-refractivity contribution < 1.29 is 9.53 Å². The van der Waals surface area contributed by atoms with Gasteiger partial charge in [-0.05, 0) is 55.5 Å². The van der Waals surface area contributed by atoms with Crippen LogP contribution in [0.1, 0.15) is 17.3 Å². The molecule has 0 saturated carbocycles. The van der Waals surface area contributed by atoms with Gasteiger partial charge in [0.15, 0.2) is 5.75 Å². The zero-order valence-corrected chi connectivity index (χ0v) is 18.1. The van der Waals surface area contributed by atoms with E-state index in [0.717, 1.165) is 0 Å². The van der Waals surface area contributed by atoms with Gasteiger partial charge in [0.2, 0.25) is 5.43 Å². The molecule has 0 radical (unpaired) electrons. The van der Waals surface area contributed by atoms with Crippen molar-refractivity contribution in [2.45, 2.75) is 13.5 Å². The van der Waals surface area contributed by atoms with E-state index in [4.69, 9.17) is 27.9 Å². The number of benzene rings is 3. The van der Waals surface area contributed by atoms with Crippen LogP contribution in [-0.4, -0.2) is 10.5 Å². The van der Waals surface area contributed by atoms with E-state index < -0.39 is 11.3 Å². The summed E-state index contributed by atoms with van der Waals surface area (Å²) in [7, 11) is 0. The van der Waals surface area contributed by atoms with E-state index in [1.165, 1.54) is 0 Å². The summed E-state index contributed by atoms with van der Waals surface area (Å²) in [6.45, 7) is 2.52. The lowest BCUT2D eigenvalue weighted by molar-refractivity contribution is 0.102. The third-order valence-electron chi connectivity index (χ3n) is 4.79. The molecule has 1 amide bonds. The van der Waals surface area contributed by atoms with Gasteiger partial charge < -0.3 is 14.6 Å². The molecule has 0 aliphatic heterocycles. The van der Waals surface area contributed by atoms with Gasteiger partial charge in [0.1, 0.15) is 11.3 Å². The van der Waals surface area contributed by atoms with Gasteiger partial charge in [-0.15, -0.1) is 0 Å². The Bertz CT molecular complexity index is 1330. The molecule has 31 heavy (non-hydrogen) atoms. The van der Waals surface area contributed by atoms with Crippen LogP contribution < -0.4 is 15.5 Å². The first-order valence-corrected chi connectivity index (χ1v) is 10.4. The lowest BCUT2D eigenvalue weighted by atomic mass is 10.1. The van der Waals surface area contributed by atoms with Gasteiger partial charge in [0, 0.05) is 28.2 Å². The molecule has 0 saturated heterocycles. The van der Waals surface area contributed by atoms with Crippen LogP contribution in [0.4, 0.5) is 5.69 Å². The molecular weight excluding hydrogens is 435 g/mol. The fourth-order valence-corrected chi connectivity index (χ4v) is 3.63. The van der Waals surface area contributed by atoms with Gasteiger partial charge >= 0.3 is 0 Å². The van der Waals surface area contributed by atoms with E-state index in [1.54, 1.807) is 54.7 Å². The predicted molar refractivity (Wildman–Crippen MR) is 125 cm³/mol. The number of carbonyl (C=O) groups is 1. The standard InChI is InChI=1S/C24H18Cl2N2O3/c1-2-28-14-19(23(29)18-12-15(25)8-10-21(18)28)24(30)27-20-13-16(26)9-11-22(20)31-17-6-4-3-5-7-17/h3-14H,2H2,1H3,(H,27,30). The van der Waals surface area contributed by atoms with Crippen molar-refractivity contribution in [3.8, 4) is 11.5 Å². The Kier molecular flexibility index (Phi) is 5.98. The zero-order chi connectivity index (χ0) is 22.0. The minimum atomic E-state index is -0.561. The summed E-state index contributed by atoms with van der Waals surface area (Å²) in [5.41, 5.74) is 0.675. The van der Waals surface area contributed by atoms with Crippen LogP contribution >= 0.6 is 23.2 Å². The quantitative estimate of drug-likeness (QED) is 0.382. The van der Waals surface area contributed by atoms with Gasteiger partial charge in [0.25, 0.3) is 5.91 Å². The van der Waals surface area contributed by atoms with E-state index in [-0.39, 0.29) is 5.56 Å². The van der Waals surface area contributed by atoms with Crippen molar-refractivity contribution in [2.24, 2.45) is 0 Å². The number of aryl methyl sites for hydroxylation is 1. The van der Waals surface area contributed by atoms with Crippen molar-refractivity contribution in [2.75, 3.05) is 5.32 Å². The first-order valence-electron chi connectivity index (χ1n) is 9.63. The van der Waals surface area contributed by atoms with Gasteiger partial charge in [-0.1, -0.05) is 41.4 Å². The molecule has 0 spiro atoms. The third-order valence-corrected chi connectivity index (χ3v) is 5.26. The molecule has 4 aromatic rings. The van der Waals surface area contributed by atoms with E-state index in [1.807, 2.05) is 29.7 Å². The maximum Gasteiger partial charge on any atom is 0.261 e. The number of nitrogens with one attached hydrogen (secondary N) is 1. The number of hydrogen-bond acceptors (Lipinski definition) is 3. The second-order valence-electron chi connectivity index (χ2n) is 6.83. The monoisotopic (exact) mass is 452 g/mol. The largest absolute Gasteiger partial charge is 0.455 e. The summed E-state index contributed by atoms with van der Waals surface area (Å²) in [5, 5.41) is 4.00. The lowest BCUT2D eigenvalue weighted by Gasteiger charge is -2.14. The van der Waals surface area contributed by atoms with Crippen LogP contribution in [0.25, 0.3) is 10.9 Å². The molecule has 156 valence electrons. The number of carbonyl (C=O) groups excluding carboxylic acids is 1. The smallest absolute Gasteiger partial charge is 0.261 e. The molecule has 1 aromatic heterocycles. The molecular formula is C24H18Cl2N2O3. The summed E-state index contributed by atoms with van der Waals surface area (Å²) >= 11 is 12.2. The number of ether oxygens (including phenoxy) is 1. The Hall–Kier alpha value is -3.28. The van der Waals surface area contributed by atoms with Crippen molar-refractivity contribution >= 4 is 45.7 Å². The first-order chi connectivity index (χ1) is 15.0. The third kappa shape index (κ3) is 4.43. The molecule has 1 N–H and O–H groups in total. The Morgan fingerprint density at radius 3 is 2.45 bits per heavy atom. The summed E-state index contributed by atoms with van der Waals surface area (Å²) in [6.07, 6.45) is 1.55. The Morgan fingerprint density at radius 1 is 1.00 bits per heavy atom. The highest BCUT2D eigenvalue weighted by atomic mass is 35.5. The number of halogens is 2. The average Bonchev–Trinajstić information content (AvgIpc) is 2.77. The fourth-order valence-electron chi connectivity index (χ4n) is 3.29. The van der Waals surface area contributed by atoms with Crippen LogP contribution in [0.3, 0.4) is 0 Å². The van der Waals surface area contributed by atoms with Crippen molar-refractivity contribution in [3.63, 3.8) is 0 Å². The Labute approximate surface area is 188 Å². The number of rotatable bonds is 5. The molecule has 1 heterocycles. The highest BCUT2D eigenvalue weighted by molar-refractivity contribution is 6.31. The number of amides is 1. The van der Waals surface area contributed by atoms with Crippen molar-refractivity contribution in [3.05, 3.63) is 98.8 Å². The van der Waals surface area contributed by atoms with Crippen molar-refractivity contribution in [1.29, 1.82) is 0 Å². The topological polar surface area (TPSA) is 60.3 Å². The Morgan fingerprint density at radius 2 is 1.71 bits per heavy atom. The Balaban J connectivity index is 1.74. The fraction of sp³-hybridized carbons (Fsp3) is 0.0833. The molecule has 0 aliphatic carbocycles. The van der Waals surface area contributed by atoms with E-state index >= 15 is 0 Å². The minimum Gasteiger partial charge on any atom is -0.455 e.